The van der Waals surface area contributed by atoms with Gasteiger partial charge in [0.2, 0.25) is 5.91 Å². The number of rotatable bonds is 9. The minimum Gasteiger partial charge on any atom is -0.341 e. The van der Waals surface area contributed by atoms with Crippen LogP contribution in [0.3, 0.4) is 0 Å². The Bertz CT molecular complexity index is 285. The largest absolute Gasteiger partial charge is 0.341 e. The number of hydrogen-bond donors (Lipinski definition) is 1. The molecule has 1 aliphatic heterocycles. The zero-order valence-corrected chi connectivity index (χ0v) is 14.0. The molecule has 0 spiro atoms. The molecule has 118 valence electrons. The van der Waals surface area contributed by atoms with Crippen LogP contribution in [-0.4, -0.2) is 61.5 Å². The van der Waals surface area contributed by atoms with Crippen LogP contribution < -0.4 is 5.32 Å². The maximum absolute atomic E-state index is 12.7. The van der Waals surface area contributed by atoms with Gasteiger partial charge in [-0.25, -0.2) is 0 Å². The van der Waals surface area contributed by atoms with E-state index in [4.69, 9.17) is 0 Å². The van der Waals surface area contributed by atoms with Crippen molar-refractivity contribution in [3.05, 3.63) is 0 Å². The molecule has 0 aromatic heterocycles. The molecule has 1 amide bonds. The summed E-state index contributed by atoms with van der Waals surface area (Å²) in [5, 5.41) is 3.27. The van der Waals surface area contributed by atoms with E-state index in [1.165, 1.54) is 0 Å². The van der Waals surface area contributed by atoms with Crippen LogP contribution in [0.2, 0.25) is 0 Å². The Balaban J connectivity index is 2.55. The fourth-order valence-electron chi connectivity index (χ4n) is 2.69. The van der Waals surface area contributed by atoms with Crippen molar-refractivity contribution < 1.29 is 4.79 Å². The molecule has 20 heavy (non-hydrogen) atoms. The molecule has 0 saturated carbocycles. The third-order valence-electron chi connectivity index (χ3n) is 4.39. The molecule has 0 radical (unpaired) electrons. The lowest BCUT2D eigenvalue weighted by Gasteiger charge is -2.36. The monoisotopic (exact) mass is 283 g/mol. The molecule has 1 heterocycles. The van der Waals surface area contributed by atoms with Gasteiger partial charge in [0.25, 0.3) is 0 Å². The van der Waals surface area contributed by atoms with Crippen molar-refractivity contribution in [1.82, 2.24) is 15.1 Å². The lowest BCUT2D eigenvalue weighted by Crippen LogP contribution is -2.51. The van der Waals surface area contributed by atoms with Crippen LogP contribution in [0.4, 0.5) is 0 Å². The van der Waals surface area contributed by atoms with Crippen LogP contribution in [0.15, 0.2) is 0 Å². The van der Waals surface area contributed by atoms with E-state index in [0.717, 1.165) is 45.8 Å². The van der Waals surface area contributed by atoms with Crippen molar-refractivity contribution in [2.45, 2.75) is 34.6 Å². The van der Waals surface area contributed by atoms with Gasteiger partial charge in [0.1, 0.15) is 0 Å². The average Bonchev–Trinajstić information content (AvgIpc) is 2.35. The summed E-state index contributed by atoms with van der Waals surface area (Å²) in [5.41, 5.74) is 0. The Labute approximate surface area is 124 Å². The summed E-state index contributed by atoms with van der Waals surface area (Å²) in [5.74, 6) is 1.57. The number of likely N-dealkylation sites (N-methyl/N-ethyl adjacent to an activating group) is 1. The molecular formula is C16H33N3O. The van der Waals surface area contributed by atoms with Gasteiger partial charge in [-0.3, -0.25) is 4.79 Å². The van der Waals surface area contributed by atoms with Gasteiger partial charge in [-0.05, 0) is 38.0 Å². The second kappa shape index (κ2) is 8.63. The van der Waals surface area contributed by atoms with E-state index in [1.807, 2.05) is 0 Å². The van der Waals surface area contributed by atoms with E-state index in [0.29, 0.717) is 17.7 Å². The summed E-state index contributed by atoms with van der Waals surface area (Å²) >= 11 is 0. The average molecular weight is 283 g/mol. The summed E-state index contributed by atoms with van der Waals surface area (Å²) < 4.78 is 0. The molecule has 0 bridgehead atoms. The Morgan fingerprint density at radius 2 is 1.75 bits per heavy atom. The van der Waals surface area contributed by atoms with E-state index in [2.05, 4.69) is 49.7 Å². The first-order chi connectivity index (χ1) is 9.49. The maximum atomic E-state index is 12.7. The van der Waals surface area contributed by atoms with Gasteiger partial charge in [-0.2, -0.15) is 0 Å². The normalized spacial score (nSPS) is 17.4. The van der Waals surface area contributed by atoms with E-state index in [-0.39, 0.29) is 5.92 Å². The third-order valence-corrected chi connectivity index (χ3v) is 4.39. The van der Waals surface area contributed by atoms with E-state index in [1.54, 1.807) is 0 Å². The van der Waals surface area contributed by atoms with Crippen LogP contribution in [0.1, 0.15) is 34.6 Å². The van der Waals surface area contributed by atoms with Gasteiger partial charge in [0.05, 0.1) is 0 Å². The van der Waals surface area contributed by atoms with Crippen LogP contribution in [-0.2, 0) is 4.79 Å². The van der Waals surface area contributed by atoms with Crippen molar-refractivity contribution in [3.8, 4) is 0 Å². The quantitative estimate of drug-likeness (QED) is 0.699. The first-order valence-electron chi connectivity index (χ1n) is 8.21. The second-order valence-electron chi connectivity index (χ2n) is 6.41. The fourth-order valence-corrected chi connectivity index (χ4v) is 2.69. The first-order valence-corrected chi connectivity index (χ1v) is 8.21. The lowest BCUT2D eigenvalue weighted by molar-refractivity contribution is -0.138. The van der Waals surface area contributed by atoms with Gasteiger partial charge < -0.3 is 15.1 Å². The number of carbonyl (C=O) groups excluding carboxylic acids is 1. The highest BCUT2D eigenvalue weighted by Crippen LogP contribution is 2.19. The summed E-state index contributed by atoms with van der Waals surface area (Å²) in [4.78, 5) is 17.2. The standard InChI is InChI=1S/C16H33N3O/c1-6-18(7-2)8-9-19(12-13(3)4)16(20)14(5)15-10-17-11-15/h13-15,17H,6-12H2,1-5H3. The molecular weight excluding hydrogens is 250 g/mol. The second-order valence-corrected chi connectivity index (χ2v) is 6.41. The maximum Gasteiger partial charge on any atom is 0.225 e. The van der Waals surface area contributed by atoms with E-state index >= 15 is 0 Å². The molecule has 1 rings (SSSR count). The zero-order chi connectivity index (χ0) is 15.1. The zero-order valence-electron chi connectivity index (χ0n) is 14.0. The van der Waals surface area contributed by atoms with E-state index < -0.39 is 0 Å². The highest BCUT2D eigenvalue weighted by molar-refractivity contribution is 5.79. The Hall–Kier alpha value is -0.610. The predicted molar refractivity (Wildman–Crippen MR) is 84.7 cm³/mol. The minimum atomic E-state index is 0.159. The van der Waals surface area contributed by atoms with Crippen LogP contribution in [0.25, 0.3) is 0 Å². The van der Waals surface area contributed by atoms with Gasteiger partial charge in [0.15, 0.2) is 0 Å². The molecule has 1 fully saturated rings. The third kappa shape index (κ3) is 5.06. The minimum absolute atomic E-state index is 0.159. The summed E-state index contributed by atoms with van der Waals surface area (Å²) in [7, 11) is 0. The molecule has 0 aromatic carbocycles. The number of amides is 1. The highest BCUT2D eigenvalue weighted by atomic mass is 16.2. The molecule has 4 nitrogen and oxygen atoms in total. The Morgan fingerprint density at radius 3 is 2.15 bits per heavy atom. The lowest BCUT2D eigenvalue weighted by atomic mass is 9.87. The fraction of sp³-hybridized carbons (Fsp3) is 0.938. The van der Waals surface area contributed by atoms with Crippen molar-refractivity contribution in [2.75, 3.05) is 45.8 Å². The first kappa shape index (κ1) is 17.4. The molecule has 1 N–H and O–H groups in total. The Kier molecular flexibility index (Phi) is 7.52. The van der Waals surface area contributed by atoms with Gasteiger partial charge in [-0.15, -0.1) is 0 Å². The van der Waals surface area contributed by atoms with Gasteiger partial charge in [-0.1, -0.05) is 34.6 Å². The molecule has 1 atom stereocenters. The van der Waals surface area contributed by atoms with Gasteiger partial charge >= 0.3 is 0 Å². The number of nitrogens with one attached hydrogen (secondary N) is 1. The number of hydrogen-bond acceptors (Lipinski definition) is 3. The summed E-state index contributed by atoms with van der Waals surface area (Å²) in [6.07, 6.45) is 0. The molecule has 0 aliphatic carbocycles. The van der Waals surface area contributed by atoms with Crippen molar-refractivity contribution in [1.29, 1.82) is 0 Å². The highest BCUT2D eigenvalue weighted by Gasteiger charge is 2.31. The number of carbonyl (C=O) groups is 1. The summed E-state index contributed by atoms with van der Waals surface area (Å²) in [6.45, 7) is 17.7. The molecule has 1 saturated heterocycles. The predicted octanol–water partition coefficient (Wildman–Crippen LogP) is 1.67. The number of nitrogens with zero attached hydrogens (tertiary/aromatic N) is 2. The van der Waals surface area contributed by atoms with Crippen molar-refractivity contribution >= 4 is 5.91 Å². The van der Waals surface area contributed by atoms with Crippen molar-refractivity contribution in [3.63, 3.8) is 0 Å². The topological polar surface area (TPSA) is 35.6 Å². The molecule has 4 heteroatoms. The summed E-state index contributed by atoms with van der Waals surface area (Å²) in [6, 6.07) is 0. The Morgan fingerprint density at radius 1 is 1.15 bits per heavy atom. The van der Waals surface area contributed by atoms with Crippen molar-refractivity contribution in [2.24, 2.45) is 17.8 Å². The molecule has 1 unspecified atom stereocenters. The van der Waals surface area contributed by atoms with Crippen LogP contribution >= 0.6 is 0 Å². The van der Waals surface area contributed by atoms with E-state index in [9.17, 15) is 4.79 Å². The van der Waals surface area contributed by atoms with Crippen LogP contribution in [0, 0.1) is 17.8 Å². The molecule has 1 aliphatic rings. The van der Waals surface area contributed by atoms with Gasteiger partial charge in [0, 0.05) is 25.6 Å². The SMILES string of the molecule is CCN(CC)CCN(CC(C)C)C(=O)C(C)C1CNC1. The smallest absolute Gasteiger partial charge is 0.225 e. The molecule has 0 aromatic rings. The van der Waals surface area contributed by atoms with Crippen LogP contribution in [0.5, 0.6) is 0 Å².